The number of fused-ring (bicyclic) bond motifs is 1. The number of benzene rings is 1. The number of halogens is 3. The minimum Gasteiger partial charge on any atom is -0.381 e. The average molecular weight is 545 g/mol. The molecule has 2 aliphatic carbocycles. The number of carbonyl (C=O) groups is 2. The average Bonchev–Trinajstić information content (AvgIpc) is 3.58. The van der Waals surface area contributed by atoms with E-state index in [4.69, 9.17) is 4.52 Å². The molecule has 1 aliphatic heterocycles. The van der Waals surface area contributed by atoms with Gasteiger partial charge in [0.25, 0.3) is 5.91 Å². The van der Waals surface area contributed by atoms with Crippen LogP contribution < -0.4 is 5.32 Å². The number of amides is 2. The molecule has 2 unspecified atom stereocenters. The van der Waals surface area contributed by atoms with Crippen molar-refractivity contribution in [3.8, 4) is 0 Å². The number of rotatable bonds is 6. The summed E-state index contributed by atoms with van der Waals surface area (Å²) in [5.74, 6) is -0.522. The van der Waals surface area contributed by atoms with Crippen LogP contribution in [0.3, 0.4) is 0 Å². The first-order chi connectivity index (χ1) is 18.3. The van der Waals surface area contributed by atoms with Gasteiger partial charge < -0.3 is 19.8 Å². The van der Waals surface area contributed by atoms with Crippen molar-refractivity contribution in [2.75, 3.05) is 19.6 Å². The quantitative estimate of drug-likeness (QED) is 0.575. The molecule has 208 valence electrons. The second kappa shape index (κ2) is 9.62. The lowest BCUT2D eigenvalue weighted by molar-refractivity contribution is -0.148. The van der Waals surface area contributed by atoms with Crippen LogP contribution in [0.25, 0.3) is 0 Å². The molecule has 4 atom stereocenters. The van der Waals surface area contributed by atoms with E-state index in [0.29, 0.717) is 36.7 Å². The molecule has 2 N–H and O–H groups in total. The highest BCUT2D eigenvalue weighted by atomic mass is 19.4. The fourth-order valence-corrected chi connectivity index (χ4v) is 5.81. The van der Waals surface area contributed by atoms with Crippen LogP contribution in [0.1, 0.15) is 55.4 Å². The summed E-state index contributed by atoms with van der Waals surface area (Å²) in [6, 6.07) is 5.22. The topological polar surface area (TPSA) is 109 Å². The lowest BCUT2D eigenvalue weighted by Gasteiger charge is -2.47. The maximum atomic E-state index is 13.7. The zero-order chi connectivity index (χ0) is 28.2. The summed E-state index contributed by atoms with van der Waals surface area (Å²) in [5, 5.41) is 17.0. The van der Waals surface area contributed by atoms with E-state index in [-0.39, 0.29) is 36.8 Å². The number of piperidine rings is 1. The number of hydrogen-bond donors (Lipinski definition) is 2. The van der Waals surface area contributed by atoms with E-state index in [1.54, 1.807) is 24.0 Å². The number of aryl methyl sites for hydroxylation is 1. The normalized spacial score (nSPS) is 26.6. The Morgan fingerprint density at radius 3 is 2.72 bits per heavy atom. The Bertz CT molecular complexity index is 1340. The van der Waals surface area contributed by atoms with E-state index in [2.05, 4.69) is 15.5 Å². The van der Waals surface area contributed by atoms with E-state index in [9.17, 15) is 27.9 Å². The van der Waals surface area contributed by atoms with Crippen LogP contribution in [-0.2, 0) is 21.2 Å². The molecule has 11 heteroatoms. The summed E-state index contributed by atoms with van der Waals surface area (Å²) in [5.41, 5.74) is -1.97. The number of nitrogens with zero attached hydrogens (tertiary/aromatic N) is 3. The Morgan fingerprint density at radius 2 is 2.05 bits per heavy atom. The predicted molar refractivity (Wildman–Crippen MR) is 134 cm³/mol. The Hall–Kier alpha value is -3.47. The van der Waals surface area contributed by atoms with Crippen molar-refractivity contribution in [2.24, 2.45) is 11.8 Å². The van der Waals surface area contributed by atoms with Gasteiger partial charge in [-0.05, 0) is 56.7 Å². The monoisotopic (exact) mass is 544 g/mol. The molecule has 1 saturated carbocycles. The van der Waals surface area contributed by atoms with Gasteiger partial charge in [-0.2, -0.15) is 18.2 Å². The fraction of sp³-hybridized carbons (Fsp3) is 0.500. The summed E-state index contributed by atoms with van der Waals surface area (Å²) in [6.07, 6.45) is 1.99. The standard InChI is InChI=1S/C28H31F3N4O4/c1-16-33-24(39-34-16)21-13-20(21)23(36)32-15-27(18-7-4-8-19(12-18)28(29,30)31)10-5-6-17-14-35(11-9-22(17)27)25(37)26(2,3)38/h4-8,10,12,20-22,38H,9,11,13-15H2,1-3H3,(H,32,36)/t20-,21-,22?,27?/m1/s1. The van der Waals surface area contributed by atoms with Crippen molar-refractivity contribution in [1.29, 1.82) is 0 Å². The molecule has 3 aliphatic rings. The molecule has 2 heterocycles. The molecule has 0 radical (unpaired) electrons. The Labute approximate surface area is 223 Å². The van der Waals surface area contributed by atoms with Crippen LogP contribution in [0.4, 0.5) is 13.2 Å². The first kappa shape index (κ1) is 27.1. The molecule has 2 fully saturated rings. The number of allylic oxidation sites excluding steroid dienone is 2. The number of aromatic nitrogens is 2. The Balaban J connectivity index is 1.42. The van der Waals surface area contributed by atoms with Gasteiger partial charge in [-0.1, -0.05) is 41.6 Å². The molecule has 2 aromatic rings. The number of aliphatic hydroxyl groups is 1. The zero-order valence-electron chi connectivity index (χ0n) is 22.0. The SMILES string of the molecule is Cc1noc([C@@H]2C[C@H]2C(=O)NCC2(c3cccc(C(F)(F)F)c3)C=CC=C3CN(C(=O)C(C)(C)O)CCC32)n1. The van der Waals surface area contributed by atoms with Gasteiger partial charge in [0.1, 0.15) is 5.60 Å². The van der Waals surface area contributed by atoms with Gasteiger partial charge >= 0.3 is 6.18 Å². The maximum absolute atomic E-state index is 13.7. The molecule has 1 aromatic heterocycles. The third-order valence-corrected chi connectivity index (χ3v) is 7.92. The Morgan fingerprint density at radius 1 is 1.28 bits per heavy atom. The lowest BCUT2D eigenvalue weighted by atomic mass is 9.62. The maximum Gasteiger partial charge on any atom is 0.416 e. The molecule has 2 amide bonds. The molecule has 0 bridgehead atoms. The van der Waals surface area contributed by atoms with Gasteiger partial charge in [-0.15, -0.1) is 0 Å². The molecule has 5 rings (SSSR count). The molecular weight excluding hydrogens is 513 g/mol. The van der Waals surface area contributed by atoms with Crippen LogP contribution in [0.2, 0.25) is 0 Å². The number of carbonyl (C=O) groups excluding carboxylic acids is 2. The fourth-order valence-electron chi connectivity index (χ4n) is 5.81. The molecule has 0 spiro atoms. The van der Waals surface area contributed by atoms with Crippen molar-refractivity contribution >= 4 is 11.8 Å². The zero-order valence-corrected chi connectivity index (χ0v) is 22.0. The third kappa shape index (κ3) is 5.24. The largest absolute Gasteiger partial charge is 0.416 e. The minimum atomic E-state index is -4.52. The number of hydrogen-bond acceptors (Lipinski definition) is 6. The van der Waals surface area contributed by atoms with Crippen LogP contribution in [0.5, 0.6) is 0 Å². The predicted octanol–water partition coefficient (Wildman–Crippen LogP) is 3.67. The molecule has 1 saturated heterocycles. The van der Waals surface area contributed by atoms with Crippen molar-refractivity contribution in [3.05, 3.63) is 70.9 Å². The number of alkyl halides is 3. The Kier molecular flexibility index (Phi) is 6.69. The summed E-state index contributed by atoms with van der Waals surface area (Å²) in [4.78, 5) is 31.7. The first-order valence-electron chi connectivity index (χ1n) is 13.0. The van der Waals surface area contributed by atoms with Gasteiger partial charge in [0.15, 0.2) is 5.82 Å². The van der Waals surface area contributed by atoms with E-state index < -0.39 is 28.7 Å². The molecular formula is C28H31F3N4O4. The van der Waals surface area contributed by atoms with Gasteiger partial charge in [0.05, 0.1) is 17.4 Å². The van der Waals surface area contributed by atoms with Crippen LogP contribution in [-0.4, -0.2) is 57.2 Å². The van der Waals surface area contributed by atoms with E-state index in [0.717, 1.165) is 17.7 Å². The summed E-state index contributed by atoms with van der Waals surface area (Å²) in [7, 11) is 0. The van der Waals surface area contributed by atoms with Crippen molar-refractivity contribution < 1.29 is 32.4 Å². The van der Waals surface area contributed by atoms with Crippen LogP contribution >= 0.6 is 0 Å². The highest BCUT2D eigenvalue weighted by molar-refractivity contribution is 5.84. The highest BCUT2D eigenvalue weighted by Crippen LogP contribution is 2.48. The second-order valence-electron chi connectivity index (χ2n) is 11.2. The van der Waals surface area contributed by atoms with Crippen LogP contribution in [0, 0.1) is 18.8 Å². The summed E-state index contributed by atoms with van der Waals surface area (Å²) in [6.45, 7) is 5.21. The summed E-state index contributed by atoms with van der Waals surface area (Å²) < 4.78 is 46.3. The van der Waals surface area contributed by atoms with Gasteiger partial charge in [0, 0.05) is 25.0 Å². The summed E-state index contributed by atoms with van der Waals surface area (Å²) >= 11 is 0. The lowest BCUT2D eigenvalue weighted by Crippen LogP contribution is -2.54. The van der Waals surface area contributed by atoms with Crippen molar-refractivity contribution in [3.63, 3.8) is 0 Å². The minimum absolute atomic E-state index is 0.0805. The smallest absolute Gasteiger partial charge is 0.381 e. The number of nitrogens with one attached hydrogen (secondary N) is 1. The highest BCUT2D eigenvalue weighted by Gasteiger charge is 2.50. The van der Waals surface area contributed by atoms with Gasteiger partial charge in [0.2, 0.25) is 11.8 Å². The first-order valence-corrected chi connectivity index (χ1v) is 13.0. The van der Waals surface area contributed by atoms with Gasteiger partial charge in [-0.3, -0.25) is 9.59 Å². The van der Waals surface area contributed by atoms with Crippen LogP contribution in [0.15, 0.2) is 52.6 Å². The van der Waals surface area contributed by atoms with E-state index >= 15 is 0 Å². The molecule has 1 aromatic carbocycles. The van der Waals surface area contributed by atoms with Crippen molar-refractivity contribution in [2.45, 2.75) is 56.7 Å². The van der Waals surface area contributed by atoms with E-state index in [1.807, 2.05) is 12.2 Å². The molecule has 39 heavy (non-hydrogen) atoms. The second-order valence-corrected chi connectivity index (χ2v) is 11.2. The number of likely N-dealkylation sites (tertiary alicyclic amines) is 1. The van der Waals surface area contributed by atoms with Crippen molar-refractivity contribution in [1.82, 2.24) is 20.4 Å². The van der Waals surface area contributed by atoms with Gasteiger partial charge in [-0.25, -0.2) is 0 Å². The third-order valence-electron chi connectivity index (χ3n) is 7.92. The van der Waals surface area contributed by atoms with E-state index in [1.165, 1.54) is 19.9 Å². The molecule has 8 nitrogen and oxygen atoms in total.